The van der Waals surface area contributed by atoms with Gasteiger partial charge in [0.1, 0.15) is 0 Å². The van der Waals surface area contributed by atoms with Crippen LogP contribution in [-0.4, -0.2) is 37.4 Å². The van der Waals surface area contributed by atoms with Crippen molar-refractivity contribution in [2.45, 2.75) is 39.0 Å². The van der Waals surface area contributed by atoms with Gasteiger partial charge in [-0.2, -0.15) is 10.1 Å². The highest BCUT2D eigenvalue weighted by atomic mass is 16.5. The fraction of sp³-hybridized carbons (Fsp3) is 0.389. The Morgan fingerprint density at radius 2 is 2.27 bits per heavy atom. The third kappa shape index (κ3) is 2.98. The average molecular weight is 352 g/mol. The molecule has 1 aliphatic carbocycles. The van der Waals surface area contributed by atoms with Gasteiger partial charge in [-0.3, -0.25) is 4.79 Å². The van der Waals surface area contributed by atoms with Gasteiger partial charge < -0.3 is 9.84 Å². The number of nitrogens with zero attached hydrogens (tertiary/aromatic N) is 5. The summed E-state index contributed by atoms with van der Waals surface area (Å²) < 4.78 is 7.08. The number of rotatable bonds is 6. The molecule has 1 aliphatic rings. The number of hydrogen-bond acceptors (Lipinski definition) is 6. The summed E-state index contributed by atoms with van der Waals surface area (Å²) in [5.74, 6) is 1.99. The lowest BCUT2D eigenvalue weighted by Crippen LogP contribution is -2.24. The standard InChI is InChI=1S/C18H20N6O2/c1-3-8-20-17(25)14-10-21-24(11(14)2)16-13(5-4-9-19-16)18-22-15(23-26-18)12-6-7-12/h4-5,9-10,12H,3,6-8H2,1-2H3,(H,20,25). The number of pyridine rings is 1. The molecule has 3 heterocycles. The quantitative estimate of drug-likeness (QED) is 0.732. The molecule has 3 aromatic heterocycles. The molecule has 0 atom stereocenters. The molecule has 0 radical (unpaired) electrons. The lowest BCUT2D eigenvalue weighted by molar-refractivity contribution is 0.0953. The Bertz CT molecular complexity index is 941. The zero-order valence-corrected chi connectivity index (χ0v) is 14.8. The first kappa shape index (κ1) is 16.4. The van der Waals surface area contributed by atoms with Gasteiger partial charge in [0.25, 0.3) is 11.8 Å². The van der Waals surface area contributed by atoms with Gasteiger partial charge in [0.2, 0.25) is 0 Å². The van der Waals surface area contributed by atoms with E-state index in [9.17, 15) is 4.79 Å². The van der Waals surface area contributed by atoms with Gasteiger partial charge in [-0.25, -0.2) is 9.67 Å². The first-order valence-corrected chi connectivity index (χ1v) is 8.81. The van der Waals surface area contributed by atoms with E-state index >= 15 is 0 Å². The van der Waals surface area contributed by atoms with Crippen molar-refractivity contribution >= 4 is 5.91 Å². The summed E-state index contributed by atoms with van der Waals surface area (Å²) in [6.07, 6.45) is 6.32. The molecule has 26 heavy (non-hydrogen) atoms. The third-order valence-corrected chi connectivity index (χ3v) is 4.39. The zero-order chi connectivity index (χ0) is 18.1. The number of amides is 1. The van der Waals surface area contributed by atoms with E-state index < -0.39 is 0 Å². The Labute approximate surface area is 150 Å². The first-order valence-electron chi connectivity index (χ1n) is 8.81. The van der Waals surface area contributed by atoms with Gasteiger partial charge in [0, 0.05) is 18.7 Å². The highest BCUT2D eigenvalue weighted by Crippen LogP contribution is 2.39. The molecule has 0 saturated heterocycles. The Hall–Kier alpha value is -3.03. The summed E-state index contributed by atoms with van der Waals surface area (Å²) >= 11 is 0. The molecule has 0 aromatic carbocycles. The summed E-state index contributed by atoms with van der Waals surface area (Å²) in [6, 6.07) is 3.68. The van der Waals surface area contributed by atoms with Crippen LogP contribution in [0.3, 0.4) is 0 Å². The van der Waals surface area contributed by atoms with Crippen molar-refractivity contribution < 1.29 is 9.32 Å². The molecule has 0 aliphatic heterocycles. The van der Waals surface area contributed by atoms with Crippen LogP contribution in [0.25, 0.3) is 17.3 Å². The lowest BCUT2D eigenvalue weighted by Gasteiger charge is -2.08. The van der Waals surface area contributed by atoms with Crippen LogP contribution in [0, 0.1) is 6.92 Å². The molecule has 1 N–H and O–H groups in total. The molecule has 1 saturated carbocycles. The second kappa shape index (κ2) is 6.70. The maximum atomic E-state index is 12.3. The maximum absolute atomic E-state index is 12.3. The molecule has 8 nitrogen and oxygen atoms in total. The molecule has 0 bridgehead atoms. The fourth-order valence-electron chi connectivity index (χ4n) is 2.76. The summed E-state index contributed by atoms with van der Waals surface area (Å²) in [5.41, 5.74) is 1.93. The molecular formula is C18H20N6O2. The highest BCUT2D eigenvalue weighted by Gasteiger charge is 2.29. The van der Waals surface area contributed by atoms with Gasteiger partial charge >= 0.3 is 0 Å². The minimum Gasteiger partial charge on any atom is -0.352 e. The van der Waals surface area contributed by atoms with Crippen LogP contribution in [0.2, 0.25) is 0 Å². The molecular weight excluding hydrogens is 332 g/mol. The number of nitrogens with one attached hydrogen (secondary N) is 1. The van der Waals surface area contributed by atoms with E-state index in [0.29, 0.717) is 41.0 Å². The average Bonchev–Trinajstić information content (AvgIpc) is 3.27. The van der Waals surface area contributed by atoms with Crippen molar-refractivity contribution in [3.05, 3.63) is 41.6 Å². The van der Waals surface area contributed by atoms with Crippen LogP contribution in [0.15, 0.2) is 29.0 Å². The number of carbonyl (C=O) groups excluding carboxylic acids is 1. The lowest BCUT2D eigenvalue weighted by atomic mass is 10.2. The first-order chi connectivity index (χ1) is 12.7. The summed E-state index contributed by atoms with van der Waals surface area (Å²) in [7, 11) is 0. The van der Waals surface area contributed by atoms with Crippen LogP contribution in [0.5, 0.6) is 0 Å². The molecule has 1 amide bonds. The molecule has 8 heteroatoms. The van der Waals surface area contributed by atoms with E-state index in [-0.39, 0.29) is 5.91 Å². The SMILES string of the molecule is CCCNC(=O)c1cnn(-c2ncccc2-c2nc(C3CC3)no2)c1C. The van der Waals surface area contributed by atoms with Crippen molar-refractivity contribution in [1.82, 2.24) is 30.2 Å². The zero-order valence-electron chi connectivity index (χ0n) is 14.8. The second-order valence-electron chi connectivity index (χ2n) is 6.42. The molecule has 3 aromatic rings. The van der Waals surface area contributed by atoms with Crippen molar-refractivity contribution in [2.75, 3.05) is 6.54 Å². The Balaban J connectivity index is 1.70. The normalized spacial score (nSPS) is 13.8. The third-order valence-electron chi connectivity index (χ3n) is 4.39. The Morgan fingerprint density at radius 1 is 1.42 bits per heavy atom. The van der Waals surface area contributed by atoms with Crippen LogP contribution >= 0.6 is 0 Å². The molecule has 4 rings (SSSR count). The van der Waals surface area contributed by atoms with E-state index in [1.807, 2.05) is 26.0 Å². The van der Waals surface area contributed by atoms with Crippen molar-refractivity contribution in [3.8, 4) is 17.3 Å². The van der Waals surface area contributed by atoms with E-state index in [1.54, 1.807) is 17.1 Å². The van der Waals surface area contributed by atoms with Crippen LogP contribution in [-0.2, 0) is 0 Å². The van der Waals surface area contributed by atoms with Crippen molar-refractivity contribution in [3.63, 3.8) is 0 Å². The Kier molecular flexibility index (Phi) is 4.24. The summed E-state index contributed by atoms with van der Waals surface area (Å²) in [4.78, 5) is 21.2. The summed E-state index contributed by atoms with van der Waals surface area (Å²) in [6.45, 7) is 4.48. The van der Waals surface area contributed by atoms with E-state index in [2.05, 4.69) is 25.5 Å². The van der Waals surface area contributed by atoms with Gasteiger partial charge in [-0.15, -0.1) is 0 Å². The number of aromatic nitrogens is 5. The molecule has 134 valence electrons. The van der Waals surface area contributed by atoms with E-state index in [4.69, 9.17) is 4.52 Å². The second-order valence-corrected chi connectivity index (χ2v) is 6.42. The predicted octanol–water partition coefficient (Wildman–Crippen LogP) is 2.64. The van der Waals surface area contributed by atoms with E-state index in [1.165, 1.54) is 0 Å². The number of hydrogen-bond donors (Lipinski definition) is 1. The fourth-order valence-corrected chi connectivity index (χ4v) is 2.76. The van der Waals surface area contributed by atoms with Crippen molar-refractivity contribution in [1.29, 1.82) is 0 Å². The topological polar surface area (TPSA) is 98.7 Å². The van der Waals surface area contributed by atoms with Gasteiger partial charge in [0.15, 0.2) is 11.6 Å². The van der Waals surface area contributed by atoms with Crippen LogP contribution in [0.1, 0.15) is 54.0 Å². The monoisotopic (exact) mass is 352 g/mol. The molecule has 0 unspecified atom stereocenters. The summed E-state index contributed by atoms with van der Waals surface area (Å²) in [5, 5.41) is 11.3. The predicted molar refractivity (Wildman–Crippen MR) is 94.0 cm³/mol. The Morgan fingerprint density at radius 3 is 3.04 bits per heavy atom. The van der Waals surface area contributed by atoms with Crippen LogP contribution in [0.4, 0.5) is 0 Å². The smallest absolute Gasteiger partial charge is 0.261 e. The van der Waals surface area contributed by atoms with Gasteiger partial charge in [-0.05, 0) is 38.3 Å². The highest BCUT2D eigenvalue weighted by molar-refractivity contribution is 5.95. The van der Waals surface area contributed by atoms with Crippen LogP contribution < -0.4 is 5.32 Å². The number of carbonyl (C=O) groups is 1. The van der Waals surface area contributed by atoms with E-state index in [0.717, 1.165) is 25.1 Å². The minimum absolute atomic E-state index is 0.137. The van der Waals surface area contributed by atoms with Crippen molar-refractivity contribution in [2.24, 2.45) is 0 Å². The van der Waals surface area contributed by atoms with Gasteiger partial charge in [-0.1, -0.05) is 12.1 Å². The largest absolute Gasteiger partial charge is 0.352 e. The van der Waals surface area contributed by atoms with Gasteiger partial charge in [0.05, 0.1) is 23.0 Å². The molecule has 0 spiro atoms. The minimum atomic E-state index is -0.137. The maximum Gasteiger partial charge on any atom is 0.261 e. The molecule has 1 fully saturated rings.